The standard InChI is InChI=1S/C17H25N5O/c1-4-22-11-15(13(3)20-22)17(23)21-7-5-6-14(10-21)8-16-12(2)9-18-19-16/h9,11,14H,4-8,10H2,1-3H3,(H,18,19)/t14-/m0/s1. The van der Waals surface area contributed by atoms with Crippen molar-refractivity contribution in [1.29, 1.82) is 0 Å². The Morgan fingerprint density at radius 3 is 2.91 bits per heavy atom. The lowest BCUT2D eigenvalue weighted by atomic mass is 9.92. The van der Waals surface area contributed by atoms with Gasteiger partial charge in [0.2, 0.25) is 0 Å². The Labute approximate surface area is 136 Å². The van der Waals surface area contributed by atoms with Crippen LogP contribution in [0.15, 0.2) is 12.4 Å². The van der Waals surface area contributed by atoms with E-state index >= 15 is 0 Å². The zero-order valence-corrected chi connectivity index (χ0v) is 14.2. The van der Waals surface area contributed by atoms with E-state index in [4.69, 9.17) is 0 Å². The van der Waals surface area contributed by atoms with Crippen LogP contribution in [0.4, 0.5) is 0 Å². The largest absolute Gasteiger partial charge is 0.338 e. The summed E-state index contributed by atoms with van der Waals surface area (Å²) in [6, 6.07) is 0. The number of H-pyrrole nitrogens is 1. The van der Waals surface area contributed by atoms with Gasteiger partial charge in [-0.05, 0) is 51.5 Å². The Bertz CT molecular complexity index is 687. The Morgan fingerprint density at radius 2 is 2.26 bits per heavy atom. The first kappa shape index (κ1) is 15.8. The minimum Gasteiger partial charge on any atom is -0.338 e. The van der Waals surface area contributed by atoms with E-state index in [0.29, 0.717) is 5.92 Å². The van der Waals surface area contributed by atoms with Gasteiger partial charge in [-0.15, -0.1) is 0 Å². The number of nitrogens with one attached hydrogen (secondary N) is 1. The maximum atomic E-state index is 12.8. The molecule has 0 unspecified atom stereocenters. The van der Waals surface area contributed by atoms with Gasteiger partial charge < -0.3 is 4.90 Å². The van der Waals surface area contributed by atoms with Crippen molar-refractivity contribution in [2.75, 3.05) is 13.1 Å². The van der Waals surface area contributed by atoms with Crippen molar-refractivity contribution < 1.29 is 4.79 Å². The van der Waals surface area contributed by atoms with Crippen LogP contribution in [-0.4, -0.2) is 43.9 Å². The molecule has 0 aromatic carbocycles. The van der Waals surface area contributed by atoms with E-state index in [0.717, 1.165) is 50.2 Å². The molecule has 0 spiro atoms. The topological polar surface area (TPSA) is 66.8 Å². The molecule has 0 radical (unpaired) electrons. The summed E-state index contributed by atoms with van der Waals surface area (Å²) in [6.45, 7) is 8.46. The monoisotopic (exact) mass is 315 g/mol. The first-order valence-corrected chi connectivity index (χ1v) is 8.40. The molecule has 2 aromatic rings. The summed E-state index contributed by atoms with van der Waals surface area (Å²) in [4.78, 5) is 14.8. The number of hydrogen-bond donors (Lipinski definition) is 1. The van der Waals surface area contributed by atoms with Gasteiger partial charge in [-0.2, -0.15) is 10.2 Å². The third kappa shape index (κ3) is 3.30. The average Bonchev–Trinajstić information content (AvgIpc) is 3.13. The second-order valence-corrected chi connectivity index (χ2v) is 6.48. The first-order valence-electron chi connectivity index (χ1n) is 8.40. The minimum absolute atomic E-state index is 0.119. The van der Waals surface area contributed by atoms with Crippen molar-refractivity contribution in [1.82, 2.24) is 24.9 Å². The molecule has 2 aromatic heterocycles. The number of aryl methyl sites for hydroxylation is 3. The minimum atomic E-state index is 0.119. The predicted molar refractivity (Wildman–Crippen MR) is 88.3 cm³/mol. The third-order valence-electron chi connectivity index (χ3n) is 4.73. The Kier molecular flexibility index (Phi) is 4.50. The number of rotatable bonds is 4. The first-order chi connectivity index (χ1) is 11.1. The van der Waals surface area contributed by atoms with E-state index in [2.05, 4.69) is 22.2 Å². The second kappa shape index (κ2) is 6.56. The predicted octanol–water partition coefficient (Wildman–Crippen LogP) is 2.34. The van der Waals surface area contributed by atoms with Gasteiger partial charge in [-0.25, -0.2) is 0 Å². The number of hydrogen-bond acceptors (Lipinski definition) is 3. The van der Waals surface area contributed by atoms with Crippen molar-refractivity contribution in [3.63, 3.8) is 0 Å². The van der Waals surface area contributed by atoms with Crippen molar-refractivity contribution >= 4 is 5.91 Å². The Balaban J connectivity index is 1.69. The molecule has 3 heterocycles. The molecule has 1 aliphatic heterocycles. The van der Waals surface area contributed by atoms with Crippen LogP contribution in [0.1, 0.15) is 47.1 Å². The van der Waals surface area contributed by atoms with Crippen molar-refractivity contribution in [2.45, 2.75) is 46.6 Å². The highest BCUT2D eigenvalue weighted by Gasteiger charge is 2.27. The van der Waals surface area contributed by atoms with E-state index in [1.165, 1.54) is 11.3 Å². The van der Waals surface area contributed by atoms with E-state index < -0.39 is 0 Å². The quantitative estimate of drug-likeness (QED) is 0.941. The number of nitrogens with zero attached hydrogens (tertiary/aromatic N) is 4. The highest BCUT2D eigenvalue weighted by Crippen LogP contribution is 2.23. The number of aromatic nitrogens is 4. The third-order valence-corrected chi connectivity index (χ3v) is 4.73. The molecule has 1 atom stereocenters. The van der Waals surface area contributed by atoms with Gasteiger partial charge in [0.15, 0.2) is 0 Å². The van der Waals surface area contributed by atoms with Gasteiger partial charge in [-0.1, -0.05) is 0 Å². The maximum Gasteiger partial charge on any atom is 0.257 e. The lowest BCUT2D eigenvalue weighted by Gasteiger charge is -2.32. The lowest BCUT2D eigenvalue weighted by molar-refractivity contribution is 0.0672. The van der Waals surface area contributed by atoms with Crippen LogP contribution in [0.5, 0.6) is 0 Å². The van der Waals surface area contributed by atoms with Crippen molar-refractivity contribution in [3.8, 4) is 0 Å². The number of carbonyl (C=O) groups excluding carboxylic acids is 1. The van der Waals surface area contributed by atoms with Crippen LogP contribution < -0.4 is 0 Å². The molecule has 0 bridgehead atoms. The van der Waals surface area contributed by atoms with Gasteiger partial charge in [0.25, 0.3) is 5.91 Å². The van der Waals surface area contributed by atoms with Crippen LogP contribution >= 0.6 is 0 Å². The summed E-state index contributed by atoms with van der Waals surface area (Å²) in [6.07, 6.45) is 6.92. The molecular weight excluding hydrogens is 290 g/mol. The number of carbonyl (C=O) groups is 1. The SMILES string of the molecule is CCn1cc(C(=O)N2CCC[C@@H](Cc3[nH]ncc3C)C2)c(C)n1. The zero-order valence-electron chi connectivity index (χ0n) is 14.2. The molecular formula is C17H25N5O. The highest BCUT2D eigenvalue weighted by molar-refractivity contribution is 5.95. The summed E-state index contributed by atoms with van der Waals surface area (Å²) >= 11 is 0. The van der Waals surface area contributed by atoms with Gasteiger partial charge in [0, 0.05) is 31.5 Å². The molecule has 1 aliphatic rings. The van der Waals surface area contributed by atoms with Crippen LogP contribution in [0, 0.1) is 19.8 Å². The molecule has 1 saturated heterocycles. The summed E-state index contributed by atoms with van der Waals surface area (Å²) < 4.78 is 1.83. The second-order valence-electron chi connectivity index (χ2n) is 6.48. The van der Waals surface area contributed by atoms with E-state index in [1.54, 1.807) is 0 Å². The molecule has 1 fully saturated rings. The number of amides is 1. The summed E-state index contributed by atoms with van der Waals surface area (Å²) in [5, 5.41) is 11.6. The fraction of sp³-hybridized carbons (Fsp3) is 0.588. The van der Waals surface area contributed by atoms with E-state index in [-0.39, 0.29) is 5.91 Å². The molecule has 1 N–H and O–H groups in total. The summed E-state index contributed by atoms with van der Waals surface area (Å²) in [5.74, 6) is 0.613. The van der Waals surface area contributed by atoms with Crippen LogP contribution in [0.3, 0.4) is 0 Å². The smallest absolute Gasteiger partial charge is 0.257 e. The van der Waals surface area contributed by atoms with Crippen LogP contribution in [0.2, 0.25) is 0 Å². The normalized spacial score (nSPS) is 18.4. The lowest BCUT2D eigenvalue weighted by Crippen LogP contribution is -2.40. The van der Waals surface area contributed by atoms with Crippen molar-refractivity contribution in [2.24, 2.45) is 5.92 Å². The van der Waals surface area contributed by atoms with Crippen molar-refractivity contribution in [3.05, 3.63) is 34.9 Å². The van der Waals surface area contributed by atoms with Crippen LogP contribution in [0.25, 0.3) is 0 Å². The highest BCUT2D eigenvalue weighted by atomic mass is 16.2. The van der Waals surface area contributed by atoms with Gasteiger partial charge in [0.1, 0.15) is 0 Å². The van der Waals surface area contributed by atoms with E-state index in [9.17, 15) is 4.79 Å². The molecule has 0 aliphatic carbocycles. The molecule has 3 rings (SSSR count). The zero-order chi connectivity index (χ0) is 16.4. The van der Waals surface area contributed by atoms with E-state index in [1.807, 2.05) is 35.8 Å². The summed E-state index contributed by atoms with van der Waals surface area (Å²) in [5.41, 5.74) is 3.96. The number of piperidine rings is 1. The van der Waals surface area contributed by atoms with Gasteiger partial charge in [0.05, 0.1) is 17.5 Å². The molecule has 6 heteroatoms. The molecule has 1 amide bonds. The van der Waals surface area contributed by atoms with Gasteiger partial charge in [-0.3, -0.25) is 14.6 Å². The fourth-order valence-corrected chi connectivity index (χ4v) is 3.34. The maximum absolute atomic E-state index is 12.8. The number of aromatic amines is 1. The summed E-state index contributed by atoms with van der Waals surface area (Å²) in [7, 11) is 0. The molecule has 23 heavy (non-hydrogen) atoms. The molecule has 0 saturated carbocycles. The molecule has 6 nitrogen and oxygen atoms in total. The molecule has 124 valence electrons. The average molecular weight is 315 g/mol. The number of likely N-dealkylation sites (tertiary alicyclic amines) is 1. The Hall–Kier alpha value is -2.11. The van der Waals surface area contributed by atoms with Crippen LogP contribution in [-0.2, 0) is 13.0 Å². The fourth-order valence-electron chi connectivity index (χ4n) is 3.34. The Morgan fingerprint density at radius 1 is 1.43 bits per heavy atom. The van der Waals surface area contributed by atoms with Gasteiger partial charge >= 0.3 is 0 Å².